The van der Waals surface area contributed by atoms with Gasteiger partial charge in [0.1, 0.15) is 0 Å². The Morgan fingerprint density at radius 2 is 1.87 bits per heavy atom. The highest BCUT2D eigenvalue weighted by Gasteiger charge is 2.39. The van der Waals surface area contributed by atoms with Gasteiger partial charge in [0.2, 0.25) is 5.13 Å². The molecule has 2 aromatic heterocycles. The second-order valence-corrected chi connectivity index (χ2v) is 7.44. The summed E-state index contributed by atoms with van der Waals surface area (Å²) in [6.45, 7) is 1.27. The number of thiazole rings is 1. The zero-order chi connectivity index (χ0) is 22.3. The van der Waals surface area contributed by atoms with E-state index in [0.29, 0.717) is 10.2 Å². The lowest BCUT2D eigenvalue weighted by Gasteiger charge is -2.06. The Balaban J connectivity index is 1.84. The van der Waals surface area contributed by atoms with Crippen molar-refractivity contribution in [1.29, 1.82) is 0 Å². The summed E-state index contributed by atoms with van der Waals surface area (Å²) in [4.78, 5) is 31.3. The minimum Gasteiger partial charge on any atom is -0.284 e. The fourth-order valence-electron chi connectivity index (χ4n) is 2.97. The standard InChI is InChI=1S/C19H12F3N5O3S/c1-10(23-11-6-8-12(9-7-11)27(29)30)15-16(19(20,21)22)25-26(17(15)28)18-24-13-4-2-3-5-14(13)31-18/h2-9,25H,1H3. The number of aromatic amines is 1. The number of aliphatic imine (C=N–C) groups is 1. The zero-order valence-electron chi connectivity index (χ0n) is 15.7. The van der Waals surface area contributed by atoms with Crippen molar-refractivity contribution in [1.82, 2.24) is 14.8 Å². The first-order valence-corrected chi connectivity index (χ1v) is 9.55. The average molecular weight is 447 g/mol. The van der Waals surface area contributed by atoms with Gasteiger partial charge in [0.05, 0.1) is 32.1 Å². The Hall–Kier alpha value is -3.80. The number of nitrogens with one attached hydrogen (secondary N) is 1. The van der Waals surface area contributed by atoms with E-state index in [-0.39, 0.29) is 22.2 Å². The molecule has 0 spiro atoms. The van der Waals surface area contributed by atoms with Gasteiger partial charge in [-0.05, 0) is 31.2 Å². The van der Waals surface area contributed by atoms with Gasteiger partial charge in [-0.15, -0.1) is 0 Å². The highest BCUT2D eigenvalue weighted by Crippen LogP contribution is 2.32. The lowest BCUT2D eigenvalue weighted by Crippen LogP contribution is -2.20. The Morgan fingerprint density at radius 3 is 2.48 bits per heavy atom. The molecule has 0 bridgehead atoms. The van der Waals surface area contributed by atoms with Crippen molar-refractivity contribution in [2.24, 2.45) is 4.99 Å². The highest BCUT2D eigenvalue weighted by atomic mass is 32.1. The largest absolute Gasteiger partial charge is 0.433 e. The van der Waals surface area contributed by atoms with Crippen LogP contribution in [0.5, 0.6) is 0 Å². The van der Waals surface area contributed by atoms with Crippen molar-refractivity contribution < 1.29 is 18.1 Å². The Morgan fingerprint density at radius 1 is 1.19 bits per heavy atom. The predicted octanol–water partition coefficient (Wildman–Crippen LogP) is 4.84. The van der Waals surface area contributed by atoms with Gasteiger partial charge in [0.25, 0.3) is 11.2 Å². The van der Waals surface area contributed by atoms with Crippen LogP contribution in [0, 0.1) is 10.1 Å². The maximum atomic E-state index is 13.7. The molecular formula is C19H12F3N5O3S. The van der Waals surface area contributed by atoms with Crippen LogP contribution >= 0.6 is 11.3 Å². The van der Waals surface area contributed by atoms with Gasteiger partial charge in [0, 0.05) is 12.1 Å². The van der Waals surface area contributed by atoms with Crippen molar-refractivity contribution in [3.63, 3.8) is 0 Å². The summed E-state index contributed by atoms with van der Waals surface area (Å²) in [6.07, 6.45) is -4.84. The maximum Gasteiger partial charge on any atom is 0.433 e. The molecule has 12 heteroatoms. The van der Waals surface area contributed by atoms with Crippen LogP contribution in [0.1, 0.15) is 18.2 Å². The molecule has 0 amide bonds. The number of aromatic nitrogens is 3. The van der Waals surface area contributed by atoms with E-state index in [1.165, 1.54) is 31.2 Å². The summed E-state index contributed by atoms with van der Waals surface area (Å²) < 4.78 is 42.5. The second kappa shape index (κ2) is 7.47. The van der Waals surface area contributed by atoms with Gasteiger partial charge < -0.3 is 0 Å². The molecular weight excluding hydrogens is 435 g/mol. The number of para-hydroxylation sites is 1. The summed E-state index contributed by atoms with van der Waals surface area (Å²) in [7, 11) is 0. The third-order valence-electron chi connectivity index (χ3n) is 4.37. The van der Waals surface area contributed by atoms with Gasteiger partial charge in [0.15, 0.2) is 5.69 Å². The van der Waals surface area contributed by atoms with Crippen molar-refractivity contribution in [2.75, 3.05) is 0 Å². The molecule has 0 fully saturated rings. The molecule has 31 heavy (non-hydrogen) atoms. The lowest BCUT2D eigenvalue weighted by molar-refractivity contribution is -0.384. The van der Waals surface area contributed by atoms with Gasteiger partial charge >= 0.3 is 6.18 Å². The van der Waals surface area contributed by atoms with E-state index in [4.69, 9.17) is 0 Å². The monoisotopic (exact) mass is 447 g/mol. The zero-order valence-corrected chi connectivity index (χ0v) is 16.5. The SMILES string of the molecule is CC(=Nc1ccc([N+](=O)[O-])cc1)c1c(C(F)(F)F)[nH]n(-c2nc3ccccc3s2)c1=O. The quantitative estimate of drug-likeness (QED) is 0.274. The number of hydrogen-bond acceptors (Lipinski definition) is 6. The molecule has 0 aliphatic heterocycles. The highest BCUT2D eigenvalue weighted by molar-refractivity contribution is 7.20. The number of nitro groups is 1. The molecule has 0 saturated carbocycles. The normalized spacial score (nSPS) is 12.5. The van der Waals surface area contributed by atoms with Crippen LogP contribution < -0.4 is 5.56 Å². The number of benzene rings is 2. The average Bonchev–Trinajstić information content (AvgIpc) is 3.28. The van der Waals surface area contributed by atoms with E-state index >= 15 is 0 Å². The number of non-ortho nitro benzene ring substituents is 1. The molecule has 2 aromatic carbocycles. The van der Waals surface area contributed by atoms with Crippen LogP contribution in [-0.4, -0.2) is 25.4 Å². The Bertz CT molecular complexity index is 1350. The molecule has 0 saturated heterocycles. The van der Waals surface area contributed by atoms with Crippen LogP contribution in [0.4, 0.5) is 24.5 Å². The van der Waals surface area contributed by atoms with Crippen LogP contribution in [0.2, 0.25) is 0 Å². The van der Waals surface area contributed by atoms with E-state index in [2.05, 4.69) is 15.1 Å². The molecule has 4 rings (SSSR count). The number of alkyl halides is 3. The van der Waals surface area contributed by atoms with E-state index in [1.54, 1.807) is 24.3 Å². The number of rotatable bonds is 4. The number of hydrogen-bond donors (Lipinski definition) is 1. The third kappa shape index (κ3) is 3.84. The molecule has 158 valence electrons. The Kier molecular flexibility index (Phi) is 4.93. The fourth-order valence-corrected chi connectivity index (χ4v) is 3.89. The molecule has 8 nitrogen and oxygen atoms in total. The summed E-state index contributed by atoms with van der Waals surface area (Å²) in [6, 6.07) is 11.8. The number of H-pyrrole nitrogens is 1. The first-order chi connectivity index (χ1) is 14.6. The van der Waals surface area contributed by atoms with Crippen molar-refractivity contribution in [3.8, 4) is 5.13 Å². The van der Waals surface area contributed by atoms with Crippen molar-refractivity contribution in [3.05, 3.63) is 80.3 Å². The number of nitro benzene ring substituents is 1. The van der Waals surface area contributed by atoms with Gasteiger partial charge in [-0.3, -0.25) is 25.0 Å². The summed E-state index contributed by atoms with van der Waals surface area (Å²) >= 11 is 1.07. The minimum atomic E-state index is -4.84. The van der Waals surface area contributed by atoms with Crippen LogP contribution in [0.15, 0.2) is 58.3 Å². The van der Waals surface area contributed by atoms with Gasteiger partial charge in [-0.1, -0.05) is 23.5 Å². The number of nitrogens with zero attached hydrogens (tertiary/aromatic N) is 4. The molecule has 2 heterocycles. The first-order valence-electron chi connectivity index (χ1n) is 8.73. The molecule has 0 aliphatic rings. The number of fused-ring (bicyclic) bond motifs is 1. The molecule has 0 atom stereocenters. The molecule has 1 N–H and O–H groups in total. The Labute approximate surface area is 175 Å². The minimum absolute atomic E-state index is 0.0612. The smallest absolute Gasteiger partial charge is 0.284 e. The fraction of sp³-hybridized carbons (Fsp3) is 0.105. The van der Waals surface area contributed by atoms with Crippen LogP contribution in [0.25, 0.3) is 15.3 Å². The van der Waals surface area contributed by atoms with E-state index in [1.807, 2.05) is 0 Å². The number of halogens is 3. The van der Waals surface area contributed by atoms with E-state index < -0.39 is 27.9 Å². The van der Waals surface area contributed by atoms with E-state index in [9.17, 15) is 28.1 Å². The molecule has 0 unspecified atom stereocenters. The summed E-state index contributed by atoms with van der Waals surface area (Å²) in [5.41, 5.74) is -2.51. The first kappa shape index (κ1) is 20.5. The maximum absolute atomic E-state index is 13.7. The van der Waals surface area contributed by atoms with Gasteiger partial charge in [-0.2, -0.15) is 17.9 Å². The lowest BCUT2D eigenvalue weighted by atomic mass is 10.1. The predicted molar refractivity (Wildman–Crippen MR) is 110 cm³/mol. The van der Waals surface area contributed by atoms with Crippen LogP contribution in [-0.2, 0) is 6.18 Å². The molecule has 0 aliphatic carbocycles. The summed E-state index contributed by atoms with van der Waals surface area (Å²) in [5, 5.41) is 12.9. The summed E-state index contributed by atoms with van der Waals surface area (Å²) in [5.74, 6) is 0. The van der Waals surface area contributed by atoms with Crippen molar-refractivity contribution in [2.45, 2.75) is 13.1 Å². The topological polar surface area (TPSA) is 106 Å². The molecule has 0 radical (unpaired) electrons. The third-order valence-corrected chi connectivity index (χ3v) is 5.39. The van der Waals surface area contributed by atoms with E-state index in [0.717, 1.165) is 16.0 Å². The second-order valence-electron chi connectivity index (χ2n) is 6.44. The van der Waals surface area contributed by atoms with Gasteiger partial charge in [-0.25, -0.2) is 4.98 Å². The molecule has 4 aromatic rings. The van der Waals surface area contributed by atoms with Crippen molar-refractivity contribution >= 4 is 38.6 Å². The van der Waals surface area contributed by atoms with Crippen LogP contribution in [0.3, 0.4) is 0 Å².